The Kier molecular flexibility index (Phi) is 6.46. The van der Waals surface area contributed by atoms with Gasteiger partial charge in [0, 0.05) is 12.1 Å². The van der Waals surface area contributed by atoms with E-state index in [0.717, 1.165) is 50.2 Å². The molecule has 0 saturated carbocycles. The zero-order chi connectivity index (χ0) is 16.8. The predicted octanol–water partition coefficient (Wildman–Crippen LogP) is 3.85. The maximum Gasteiger partial charge on any atom is 0.241 e. The van der Waals surface area contributed by atoms with Crippen LogP contribution in [0, 0.1) is 0 Å². The number of anilines is 1. The number of hydrogen-bond acceptors (Lipinski definition) is 3. The number of benzene rings is 1. The van der Waals surface area contributed by atoms with Crippen LogP contribution in [0.1, 0.15) is 52.5 Å². The molecule has 0 bridgehead atoms. The minimum absolute atomic E-state index is 0.0478. The highest BCUT2D eigenvalue weighted by atomic mass is 16.5. The highest BCUT2D eigenvalue weighted by Crippen LogP contribution is 2.31. The lowest BCUT2D eigenvalue weighted by Crippen LogP contribution is -2.44. The van der Waals surface area contributed by atoms with Gasteiger partial charge in [-0.3, -0.25) is 9.69 Å². The van der Waals surface area contributed by atoms with Crippen LogP contribution >= 0.6 is 0 Å². The van der Waals surface area contributed by atoms with E-state index in [2.05, 4.69) is 44.0 Å². The predicted molar refractivity (Wildman–Crippen MR) is 95.1 cm³/mol. The lowest BCUT2D eigenvalue weighted by molar-refractivity contribution is -0.121. The van der Waals surface area contributed by atoms with E-state index >= 15 is 0 Å². The Morgan fingerprint density at radius 3 is 2.74 bits per heavy atom. The van der Waals surface area contributed by atoms with Crippen molar-refractivity contribution < 1.29 is 9.53 Å². The van der Waals surface area contributed by atoms with Crippen LogP contribution in [0.25, 0.3) is 0 Å². The second-order valence-electron chi connectivity index (χ2n) is 6.32. The molecule has 128 valence electrons. The average Bonchev–Trinajstić information content (AvgIpc) is 2.90. The maximum atomic E-state index is 12.8. The molecule has 1 amide bonds. The van der Waals surface area contributed by atoms with E-state index in [1.807, 2.05) is 12.1 Å². The maximum absolute atomic E-state index is 12.8. The lowest BCUT2D eigenvalue weighted by Gasteiger charge is -2.28. The summed E-state index contributed by atoms with van der Waals surface area (Å²) >= 11 is 0. The number of carbonyl (C=O) groups is 1. The van der Waals surface area contributed by atoms with E-state index in [4.69, 9.17) is 4.74 Å². The molecule has 0 spiro atoms. The molecule has 0 saturated heterocycles. The molecule has 1 aliphatic heterocycles. The van der Waals surface area contributed by atoms with E-state index in [0.29, 0.717) is 0 Å². The van der Waals surface area contributed by atoms with Gasteiger partial charge in [0.15, 0.2) is 0 Å². The van der Waals surface area contributed by atoms with Crippen molar-refractivity contribution in [2.24, 2.45) is 0 Å². The Bertz CT molecular complexity index is 526. The Balaban J connectivity index is 2.07. The summed E-state index contributed by atoms with van der Waals surface area (Å²) in [6, 6.07) is 5.91. The summed E-state index contributed by atoms with van der Waals surface area (Å²) in [5.41, 5.74) is 2.06. The summed E-state index contributed by atoms with van der Waals surface area (Å²) in [5.74, 6) is 1.05. The fraction of sp³-hybridized carbons (Fsp3) is 0.632. The zero-order valence-corrected chi connectivity index (χ0v) is 14.9. The van der Waals surface area contributed by atoms with Gasteiger partial charge in [-0.1, -0.05) is 33.6 Å². The third kappa shape index (κ3) is 4.47. The number of nitrogens with zero attached hydrogens (tertiary/aromatic N) is 1. The normalized spacial score (nSPS) is 17.7. The van der Waals surface area contributed by atoms with Crippen LogP contribution in [0.3, 0.4) is 0 Å². The number of nitrogens with one attached hydrogen (secondary N) is 1. The second-order valence-corrected chi connectivity index (χ2v) is 6.32. The molecule has 2 atom stereocenters. The van der Waals surface area contributed by atoms with Gasteiger partial charge in [-0.25, -0.2) is 0 Å². The molecule has 0 fully saturated rings. The van der Waals surface area contributed by atoms with Crippen LogP contribution < -0.4 is 10.1 Å². The highest BCUT2D eigenvalue weighted by molar-refractivity contribution is 5.95. The van der Waals surface area contributed by atoms with Crippen molar-refractivity contribution >= 4 is 11.6 Å². The molecule has 0 unspecified atom stereocenters. The molecule has 1 heterocycles. The first-order chi connectivity index (χ1) is 11.1. The number of ether oxygens (including phenoxy) is 1. The summed E-state index contributed by atoms with van der Waals surface area (Å²) in [6.07, 6.45) is 4.23. The van der Waals surface area contributed by atoms with Crippen molar-refractivity contribution in [1.29, 1.82) is 0 Å². The quantitative estimate of drug-likeness (QED) is 0.791. The molecule has 0 radical (unpaired) electrons. The summed E-state index contributed by atoms with van der Waals surface area (Å²) in [4.78, 5) is 15.0. The van der Waals surface area contributed by atoms with E-state index in [9.17, 15) is 4.79 Å². The molecule has 1 N–H and O–H groups in total. The fourth-order valence-corrected chi connectivity index (χ4v) is 3.27. The van der Waals surface area contributed by atoms with Crippen LogP contribution in [0.2, 0.25) is 0 Å². The molecule has 4 heteroatoms. The number of fused-ring (bicyclic) bond motifs is 1. The monoisotopic (exact) mass is 318 g/mol. The topological polar surface area (TPSA) is 41.6 Å². The third-order valence-corrected chi connectivity index (χ3v) is 4.55. The smallest absolute Gasteiger partial charge is 0.241 e. The van der Waals surface area contributed by atoms with Gasteiger partial charge in [-0.05, 0) is 50.2 Å². The molecule has 23 heavy (non-hydrogen) atoms. The summed E-state index contributed by atoms with van der Waals surface area (Å²) in [5, 5.41) is 3.11. The summed E-state index contributed by atoms with van der Waals surface area (Å²) in [6.45, 7) is 10.3. The van der Waals surface area contributed by atoms with Crippen molar-refractivity contribution in [2.75, 3.05) is 18.4 Å². The number of unbranched alkanes of at least 4 members (excludes halogenated alkanes) is 1. The van der Waals surface area contributed by atoms with Gasteiger partial charge in [0.25, 0.3) is 0 Å². The van der Waals surface area contributed by atoms with Crippen LogP contribution in [0.4, 0.5) is 5.69 Å². The average molecular weight is 318 g/mol. The first-order valence-electron chi connectivity index (χ1n) is 8.93. The van der Waals surface area contributed by atoms with Gasteiger partial charge in [-0.2, -0.15) is 0 Å². The van der Waals surface area contributed by atoms with Crippen molar-refractivity contribution in [1.82, 2.24) is 4.90 Å². The minimum atomic E-state index is -0.0478. The lowest BCUT2D eigenvalue weighted by atomic mass is 10.1. The van der Waals surface area contributed by atoms with Crippen LogP contribution in [-0.4, -0.2) is 36.0 Å². The molecule has 1 aromatic carbocycles. The number of carbonyl (C=O) groups excluding carboxylic acids is 1. The molecule has 4 nitrogen and oxygen atoms in total. The molecule has 0 aliphatic carbocycles. The van der Waals surface area contributed by atoms with E-state index in [1.54, 1.807) is 0 Å². The number of rotatable bonds is 8. The van der Waals surface area contributed by atoms with Gasteiger partial charge in [0.05, 0.1) is 6.04 Å². The Morgan fingerprint density at radius 1 is 1.35 bits per heavy atom. The third-order valence-electron chi connectivity index (χ3n) is 4.55. The first-order valence-corrected chi connectivity index (χ1v) is 8.93. The van der Waals surface area contributed by atoms with Crippen LogP contribution in [-0.2, 0) is 11.2 Å². The number of likely N-dealkylation sites (N-methyl/N-ethyl adjacent to an activating group) is 1. The number of hydrogen-bond donors (Lipinski definition) is 1. The van der Waals surface area contributed by atoms with Gasteiger partial charge >= 0.3 is 0 Å². The van der Waals surface area contributed by atoms with Crippen molar-refractivity contribution in [3.8, 4) is 5.75 Å². The van der Waals surface area contributed by atoms with Gasteiger partial charge < -0.3 is 10.1 Å². The van der Waals surface area contributed by atoms with Crippen molar-refractivity contribution in [2.45, 2.75) is 65.5 Å². The Morgan fingerprint density at radius 2 is 2.09 bits per heavy atom. The van der Waals surface area contributed by atoms with Crippen LogP contribution in [0.15, 0.2) is 18.2 Å². The second kappa shape index (κ2) is 8.34. The molecular weight excluding hydrogens is 288 g/mol. The molecular formula is C19H30N2O2. The molecule has 1 aliphatic rings. The SMILES string of the molecule is CCCC[C@@H](C(=O)Nc1ccc2c(c1)C[C@H](C)O2)N(CC)CC. The zero-order valence-electron chi connectivity index (χ0n) is 14.9. The largest absolute Gasteiger partial charge is 0.490 e. The Labute approximate surface area is 140 Å². The minimum Gasteiger partial charge on any atom is -0.490 e. The van der Waals surface area contributed by atoms with E-state index in [1.165, 1.54) is 5.56 Å². The van der Waals surface area contributed by atoms with Gasteiger partial charge in [0.2, 0.25) is 5.91 Å². The van der Waals surface area contributed by atoms with Gasteiger partial charge in [-0.15, -0.1) is 0 Å². The van der Waals surface area contributed by atoms with Crippen molar-refractivity contribution in [3.05, 3.63) is 23.8 Å². The standard InChI is InChI=1S/C19H30N2O2/c1-5-8-9-17(21(6-2)7-3)19(22)20-16-10-11-18-15(13-16)12-14(4)23-18/h10-11,13-14,17H,5-9,12H2,1-4H3,(H,20,22)/t14-,17-/m0/s1. The van der Waals surface area contributed by atoms with E-state index in [-0.39, 0.29) is 18.1 Å². The molecule has 0 aromatic heterocycles. The summed E-state index contributed by atoms with van der Waals surface area (Å²) < 4.78 is 5.72. The molecule has 2 rings (SSSR count). The first kappa shape index (κ1) is 17.8. The van der Waals surface area contributed by atoms with E-state index < -0.39 is 0 Å². The Hall–Kier alpha value is -1.55. The fourth-order valence-electron chi connectivity index (χ4n) is 3.27. The number of amides is 1. The summed E-state index contributed by atoms with van der Waals surface area (Å²) in [7, 11) is 0. The van der Waals surface area contributed by atoms with Crippen molar-refractivity contribution in [3.63, 3.8) is 0 Å². The van der Waals surface area contributed by atoms with Crippen LogP contribution in [0.5, 0.6) is 5.75 Å². The molecule has 1 aromatic rings. The highest BCUT2D eigenvalue weighted by Gasteiger charge is 2.24. The van der Waals surface area contributed by atoms with Gasteiger partial charge in [0.1, 0.15) is 11.9 Å².